The van der Waals surface area contributed by atoms with Crippen molar-refractivity contribution in [1.82, 2.24) is 4.72 Å². The minimum Gasteiger partial charge on any atom is -0.235 e. The van der Waals surface area contributed by atoms with Gasteiger partial charge in [0.2, 0.25) is 0 Å². The monoisotopic (exact) mass is 156 g/mol. The highest BCUT2D eigenvalue weighted by atomic mass is 32.2. The van der Waals surface area contributed by atoms with Gasteiger partial charge in [0.05, 0.1) is 23.9 Å². The number of nitrogens with one attached hydrogen (secondary N) is 1. The highest BCUT2D eigenvalue weighted by Crippen LogP contribution is 2.13. The Labute approximate surface area is 66.1 Å². The van der Waals surface area contributed by atoms with Crippen molar-refractivity contribution in [3.8, 4) is 0 Å². The van der Waals surface area contributed by atoms with E-state index < -0.39 is 0 Å². The topological polar surface area (TPSA) is 24.4 Å². The molecule has 0 aromatic carbocycles. The maximum atomic E-state index is 4.21. The second-order valence-corrected chi connectivity index (χ2v) is 2.79. The quantitative estimate of drug-likeness (QED) is 0.618. The molecular formula is C7H12N2S. The van der Waals surface area contributed by atoms with Crippen LogP contribution in [0.4, 0.5) is 0 Å². The minimum absolute atomic E-state index is 0.459. The maximum Gasteiger partial charge on any atom is 0.0677 e. The van der Waals surface area contributed by atoms with Gasteiger partial charge in [0.1, 0.15) is 0 Å². The van der Waals surface area contributed by atoms with Crippen molar-refractivity contribution < 1.29 is 0 Å². The van der Waals surface area contributed by atoms with E-state index in [1.54, 1.807) is 0 Å². The Hall–Kier alpha value is -0.280. The standard InChI is InChI=1S/C7H12N2S/c1-3-5-7-6(4-2)8-10-9-7/h3,5-6,8H,4H2,1-2H3/b5-3-. The van der Waals surface area contributed by atoms with Crippen molar-refractivity contribution in [2.75, 3.05) is 0 Å². The third kappa shape index (κ3) is 1.61. The summed E-state index contributed by atoms with van der Waals surface area (Å²) in [4.78, 5) is 0. The molecule has 0 saturated heterocycles. The molecule has 3 heteroatoms. The zero-order valence-electron chi connectivity index (χ0n) is 6.29. The van der Waals surface area contributed by atoms with E-state index in [4.69, 9.17) is 0 Å². The highest BCUT2D eigenvalue weighted by molar-refractivity contribution is 7.96. The van der Waals surface area contributed by atoms with Crippen LogP contribution in [0.3, 0.4) is 0 Å². The fourth-order valence-corrected chi connectivity index (χ4v) is 1.64. The van der Waals surface area contributed by atoms with Gasteiger partial charge in [-0.2, -0.15) is 0 Å². The maximum absolute atomic E-state index is 4.21. The molecule has 0 radical (unpaired) electrons. The van der Waals surface area contributed by atoms with Gasteiger partial charge in [0, 0.05) is 0 Å². The van der Waals surface area contributed by atoms with Crippen LogP contribution < -0.4 is 4.72 Å². The largest absolute Gasteiger partial charge is 0.235 e. The molecular weight excluding hydrogens is 144 g/mol. The number of hydrogen-bond donors (Lipinski definition) is 1. The van der Waals surface area contributed by atoms with Crippen LogP contribution in [0.25, 0.3) is 0 Å². The molecule has 1 rings (SSSR count). The van der Waals surface area contributed by atoms with Crippen molar-refractivity contribution >= 4 is 17.8 Å². The van der Waals surface area contributed by atoms with Crippen LogP contribution in [0.2, 0.25) is 0 Å². The van der Waals surface area contributed by atoms with Gasteiger partial charge in [-0.1, -0.05) is 13.0 Å². The lowest BCUT2D eigenvalue weighted by Crippen LogP contribution is -2.24. The summed E-state index contributed by atoms with van der Waals surface area (Å²) in [5, 5.41) is 0. The normalized spacial score (nSPS) is 25.8. The summed E-state index contributed by atoms with van der Waals surface area (Å²) >= 11 is 1.44. The third-order valence-corrected chi connectivity index (χ3v) is 2.14. The number of allylic oxidation sites excluding steroid dienone is 1. The van der Waals surface area contributed by atoms with E-state index in [0.29, 0.717) is 6.04 Å². The molecule has 1 aliphatic heterocycles. The summed E-state index contributed by atoms with van der Waals surface area (Å²) in [6.07, 6.45) is 5.19. The molecule has 1 unspecified atom stereocenters. The highest BCUT2D eigenvalue weighted by Gasteiger charge is 2.15. The Balaban J connectivity index is 2.56. The van der Waals surface area contributed by atoms with Gasteiger partial charge < -0.3 is 0 Å². The average Bonchev–Trinajstić information content (AvgIpc) is 2.36. The molecule has 1 aliphatic rings. The van der Waals surface area contributed by atoms with Crippen LogP contribution >= 0.6 is 12.1 Å². The van der Waals surface area contributed by atoms with E-state index in [0.717, 1.165) is 12.1 Å². The molecule has 1 N–H and O–H groups in total. The second kappa shape index (κ2) is 3.78. The summed E-state index contributed by atoms with van der Waals surface area (Å²) in [5.74, 6) is 0. The van der Waals surface area contributed by atoms with Crippen LogP contribution in [0, 0.1) is 0 Å². The molecule has 10 heavy (non-hydrogen) atoms. The van der Waals surface area contributed by atoms with Gasteiger partial charge in [-0.15, -0.1) is 0 Å². The second-order valence-electron chi connectivity index (χ2n) is 2.19. The van der Waals surface area contributed by atoms with Crippen molar-refractivity contribution in [2.24, 2.45) is 4.40 Å². The fourth-order valence-electron chi connectivity index (χ4n) is 0.876. The summed E-state index contributed by atoms with van der Waals surface area (Å²) in [5.41, 5.74) is 1.16. The van der Waals surface area contributed by atoms with Crippen LogP contribution in [0.15, 0.2) is 16.5 Å². The first kappa shape index (κ1) is 7.82. The first-order valence-corrected chi connectivity index (χ1v) is 4.28. The first-order valence-electron chi connectivity index (χ1n) is 3.50. The summed E-state index contributed by atoms with van der Waals surface area (Å²) in [7, 11) is 0. The lowest BCUT2D eigenvalue weighted by molar-refractivity contribution is 0.784. The van der Waals surface area contributed by atoms with Crippen LogP contribution in [-0.4, -0.2) is 11.8 Å². The molecule has 0 aromatic rings. The average molecular weight is 156 g/mol. The van der Waals surface area contributed by atoms with Gasteiger partial charge in [-0.05, 0) is 19.4 Å². The fraction of sp³-hybridized carbons (Fsp3) is 0.571. The predicted octanol–water partition coefficient (Wildman–Crippen LogP) is 1.95. The third-order valence-electron chi connectivity index (χ3n) is 1.45. The molecule has 0 fully saturated rings. The Bertz CT molecular complexity index is 163. The van der Waals surface area contributed by atoms with Crippen molar-refractivity contribution in [2.45, 2.75) is 26.3 Å². The SMILES string of the molecule is C/C=C\C1=NSNC1CC. The zero-order chi connectivity index (χ0) is 7.40. The first-order chi connectivity index (χ1) is 4.88. The molecule has 0 saturated carbocycles. The molecule has 1 atom stereocenters. The smallest absolute Gasteiger partial charge is 0.0677 e. The van der Waals surface area contributed by atoms with Crippen molar-refractivity contribution in [1.29, 1.82) is 0 Å². The Kier molecular flexibility index (Phi) is 2.96. The lowest BCUT2D eigenvalue weighted by Gasteiger charge is -2.04. The zero-order valence-corrected chi connectivity index (χ0v) is 7.11. The van der Waals surface area contributed by atoms with Gasteiger partial charge in [-0.3, -0.25) is 0 Å². The lowest BCUT2D eigenvalue weighted by atomic mass is 10.1. The Morgan fingerprint density at radius 3 is 3.20 bits per heavy atom. The van der Waals surface area contributed by atoms with Gasteiger partial charge in [-0.25, -0.2) is 9.12 Å². The molecule has 2 nitrogen and oxygen atoms in total. The predicted molar refractivity (Wildman–Crippen MR) is 47.1 cm³/mol. The Morgan fingerprint density at radius 1 is 1.80 bits per heavy atom. The van der Waals surface area contributed by atoms with Gasteiger partial charge in [0.25, 0.3) is 0 Å². The van der Waals surface area contributed by atoms with Gasteiger partial charge >= 0.3 is 0 Å². The summed E-state index contributed by atoms with van der Waals surface area (Å²) in [6, 6.07) is 0.459. The number of rotatable bonds is 2. The van der Waals surface area contributed by atoms with Gasteiger partial charge in [0.15, 0.2) is 0 Å². The van der Waals surface area contributed by atoms with Crippen LogP contribution in [0.5, 0.6) is 0 Å². The molecule has 0 aliphatic carbocycles. The molecule has 0 bridgehead atoms. The molecule has 56 valence electrons. The van der Waals surface area contributed by atoms with E-state index in [-0.39, 0.29) is 0 Å². The van der Waals surface area contributed by atoms with Crippen LogP contribution in [-0.2, 0) is 0 Å². The van der Waals surface area contributed by atoms with E-state index in [9.17, 15) is 0 Å². The summed E-state index contributed by atoms with van der Waals surface area (Å²) in [6.45, 7) is 4.17. The van der Waals surface area contributed by atoms with Crippen molar-refractivity contribution in [3.05, 3.63) is 12.2 Å². The van der Waals surface area contributed by atoms with Crippen LogP contribution in [0.1, 0.15) is 20.3 Å². The molecule has 0 amide bonds. The number of nitrogens with zero attached hydrogens (tertiary/aromatic N) is 1. The van der Waals surface area contributed by atoms with Crippen molar-refractivity contribution in [3.63, 3.8) is 0 Å². The summed E-state index contributed by atoms with van der Waals surface area (Å²) < 4.78 is 7.42. The van der Waals surface area contributed by atoms with E-state index in [1.807, 2.05) is 13.0 Å². The minimum atomic E-state index is 0.459. The molecule has 1 heterocycles. The van der Waals surface area contributed by atoms with E-state index >= 15 is 0 Å². The molecule has 0 aromatic heterocycles. The molecule has 0 spiro atoms. The Morgan fingerprint density at radius 2 is 2.60 bits per heavy atom. The number of hydrogen-bond acceptors (Lipinski definition) is 3. The van der Waals surface area contributed by atoms with E-state index in [1.165, 1.54) is 12.1 Å². The van der Waals surface area contributed by atoms with E-state index in [2.05, 4.69) is 22.1 Å².